The zero-order chi connectivity index (χ0) is 17.1. The van der Waals surface area contributed by atoms with Crippen LogP contribution in [0.4, 0.5) is 0 Å². The molecule has 2 aliphatic rings. The topological polar surface area (TPSA) is 20.3 Å². The zero-order valence-electron chi connectivity index (χ0n) is 14.7. The molecule has 129 valence electrons. The highest BCUT2D eigenvalue weighted by Gasteiger charge is 2.38. The molecule has 1 aliphatic heterocycles. The molecule has 0 bridgehead atoms. The third-order valence-electron chi connectivity index (χ3n) is 5.88. The Morgan fingerprint density at radius 3 is 2.20 bits per heavy atom. The van der Waals surface area contributed by atoms with Crippen molar-refractivity contribution in [2.24, 2.45) is 5.92 Å². The van der Waals surface area contributed by atoms with Gasteiger partial charge in [-0.1, -0.05) is 73.5 Å². The number of rotatable bonds is 4. The van der Waals surface area contributed by atoms with Gasteiger partial charge in [-0.05, 0) is 30.7 Å². The van der Waals surface area contributed by atoms with E-state index in [0.717, 1.165) is 18.7 Å². The summed E-state index contributed by atoms with van der Waals surface area (Å²) in [5, 5.41) is 0. The molecule has 2 fully saturated rings. The number of hydrogen-bond acceptors (Lipinski definition) is 2. The molecule has 4 rings (SSSR count). The van der Waals surface area contributed by atoms with Gasteiger partial charge in [0.1, 0.15) is 0 Å². The summed E-state index contributed by atoms with van der Waals surface area (Å²) in [4.78, 5) is 15.9. The van der Waals surface area contributed by atoms with E-state index in [1.807, 2.05) is 36.4 Å². The second kappa shape index (κ2) is 7.53. The van der Waals surface area contributed by atoms with Crippen molar-refractivity contribution in [2.45, 2.75) is 37.6 Å². The van der Waals surface area contributed by atoms with Crippen molar-refractivity contribution >= 4 is 5.78 Å². The van der Waals surface area contributed by atoms with E-state index in [9.17, 15) is 4.79 Å². The Morgan fingerprint density at radius 1 is 0.880 bits per heavy atom. The van der Waals surface area contributed by atoms with Crippen LogP contribution in [0.5, 0.6) is 0 Å². The normalized spacial score (nSPS) is 25.1. The number of benzene rings is 2. The summed E-state index contributed by atoms with van der Waals surface area (Å²) in [6.07, 6.45) is 7.62. The van der Waals surface area contributed by atoms with Crippen molar-refractivity contribution in [3.63, 3.8) is 0 Å². The van der Waals surface area contributed by atoms with Crippen LogP contribution >= 0.6 is 0 Å². The molecule has 1 heterocycles. The van der Waals surface area contributed by atoms with Crippen LogP contribution in [0.1, 0.15) is 47.5 Å². The fraction of sp³-hybridized carbons (Fsp3) is 0.391. The molecule has 1 aliphatic carbocycles. The van der Waals surface area contributed by atoms with Crippen LogP contribution < -0.4 is 0 Å². The predicted molar refractivity (Wildman–Crippen MR) is 102 cm³/mol. The molecular weight excluding hydrogens is 306 g/mol. The molecule has 0 amide bonds. The van der Waals surface area contributed by atoms with E-state index in [0.29, 0.717) is 6.04 Å². The van der Waals surface area contributed by atoms with Crippen molar-refractivity contribution < 1.29 is 4.79 Å². The third kappa shape index (κ3) is 3.55. The number of ketones is 1. The lowest BCUT2D eigenvalue weighted by Gasteiger charge is -2.41. The standard InChI is InChI=1S/C23H26NO/c25-23(19-11-5-2-6-12-19)22-17-24(20-13-7-8-14-20)16-15-21(22)18-9-3-1-4-10-18/h1-6,9-12,15,20-22H,7-8,13-14,16-17H2/t21-,22-/m1/s1. The molecule has 0 N–H and O–H groups in total. The van der Waals surface area contributed by atoms with E-state index in [2.05, 4.69) is 35.6 Å². The fourth-order valence-electron chi connectivity index (χ4n) is 4.53. The maximum atomic E-state index is 13.3. The second-order valence-corrected chi connectivity index (χ2v) is 7.40. The summed E-state index contributed by atoms with van der Waals surface area (Å²) in [7, 11) is 0. The molecule has 25 heavy (non-hydrogen) atoms. The molecule has 2 heteroatoms. The highest BCUT2D eigenvalue weighted by atomic mass is 16.1. The van der Waals surface area contributed by atoms with E-state index >= 15 is 0 Å². The van der Waals surface area contributed by atoms with Gasteiger partial charge < -0.3 is 0 Å². The minimum Gasteiger partial charge on any atom is -0.299 e. The van der Waals surface area contributed by atoms with Gasteiger partial charge in [-0.2, -0.15) is 0 Å². The van der Waals surface area contributed by atoms with Crippen LogP contribution in [0, 0.1) is 12.3 Å². The Bertz CT molecular complexity index is 691. The summed E-state index contributed by atoms with van der Waals surface area (Å²) in [5.74, 6) is 0.513. The van der Waals surface area contributed by atoms with E-state index < -0.39 is 0 Å². The Hall–Kier alpha value is -1.93. The molecule has 2 aromatic rings. The first-order chi connectivity index (χ1) is 12.3. The van der Waals surface area contributed by atoms with Crippen LogP contribution in [0.25, 0.3) is 0 Å². The van der Waals surface area contributed by atoms with Crippen LogP contribution in [0.15, 0.2) is 60.7 Å². The Balaban J connectivity index is 1.61. The summed E-state index contributed by atoms with van der Waals surface area (Å²) in [6, 6.07) is 21.0. The first kappa shape index (κ1) is 16.5. The van der Waals surface area contributed by atoms with E-state index in [-0.39, 0.29) is 17.6 Å². The Labute approximate surface area is 150 Å². The van der Waals surface area contributed by atoms with Crippen molar-refractivity contribution in [1.29, 1.82) is 0 Å². The third-order valence-corrected chi connectivity index (χ3v) is 5.88. The number of piperidine rings is 1. The SMILES string of the molecule is O=C(c1ccccc1)[C@@H]1CN(C2CCCC2)C[CH][C@@H]1c1ccccc1. The maximum Gasteiger partial charge on any atom is 0.167 e. The maximum absolute atomic E-state index is 13.3. The average Bonchev–Trinajstić information content (AvgIpc) is 3.23. The van der Waals surface area contributed by atoms with E-state index in [4.69, 9.17) is 0 Å². The number of nitrogens with zero attached hydrogens (tertiary/aromatic N) is 1. The summed E-state index contributed by atoms with van der Waals surface area (Å²) >= 11 is 0. The zero-order valence-corrected chi connectivity index (χ0v) is 14.7. The van der Waals surface area contributed by atoms with E-state index in [1.54, 1.807) is 0 Å². The van der Waals surface area contributed by atoms with Crippen molar-refractivity contribution in [2.75, 3.05) is 13.1 Å². The molecule has 1 saturated carbocycles. The van der Waals surface area contributed by atoms with Crippen LogP contribution in [-0.4, -0.2) is 29.8 Å². The minimum atomic E-state index is 0.0131. The minimum absolute atomic E-state index is 0.0131. The molecular formula is C23H26NO. The number of carbonyl (C=O) groups is 1. The lowest BCUT2D eigenvalue weighted by atomic mass is 9.76. The van der Waals surface area contributed by atoms with Crippen LogP contribution in [0.3, 0.4) is 0 Å². The number of likely N-dealkylation sites (tertiary alicyclic amines) is 1. The van der Waals surface area contributed by atoms with Crippen molar-refractivity contribution in [1.82, 2.24) is 4.90 Å². The van der Waals surface area contributed by atoms with Gasteiger partial charge in [-0.3, -0.25) is 9.69 Å². The quantitative estimate of drug-likeness (QED) is 0.754. The number of Topliss-reactive ketones (excluding diaryl/α,β-unsaturated/α-hetero) is 1. The molecule has 2 nitrogen and oxygen atoms in total. The average molecular weight is 332 g/mol. The van der Waals surface area contributed by atoms with Crippen molar-refractivity contribution in [3.8, 4) is 0 Å². The molecule has 0 unspecified atom stereocenters. The van der Waals surface area contributed by atoms with Crippen molar-refractivity contribution in [3.05, 3.63) is 78.2 Å². The van der Waals surface area contributed by atoms with E-state index in [1.165, 1.54) is 31.2 Å². The number of carbonyl (C=O) groups excluding carboxylic acids is 1. The molecule has 2 aromatic carbocycles. The van der Waals surface area contributed by atoms with Crippen LogP contribution in [-0.2, 0) is 0 Å². The summed E-state index contributed by atoms with van der Waals surface area (Å²) < 4.78 is 0. The number of hydrogen-bond donors (Lipinski definition) is 0. The van der Waals surface area contributed by atoms with Gasteiger partial charge in [0.15, 0.2) is 5.78 Å². The largest absolute Gasteiger partial charge is 0.299 e. The van der Waals surface area contributed by atoms with Gasteiger partial charge in [0, 0.05) is 30.6 Å². The van der Waals surface area contributed by atoms with Gasteiger partial charge in [-0.25, -0.2) is 0 Å². The summed E-state index contributed by atoms with van der Waals surface area (Å²) in [5.41, 5.74) is 2.11. The fourth-order valence-corrected chi connectivity index (χ4v) is 4.53. The lowest BCUT2D eigenvalue weighted by molar-refractivity contribution is 0.0780. The van der Waals surface area contributed by atoms with Gasteiger partial charge in [0.25, 0.3) is 0 Å². The first-order valence-electron chi connectivity index (χ1n) is 9.54. The van der Waals surface area contributed by atoms with Gasteiger partial charge in [0.05, 0.1) is 0 Å². The van der Waals surface area contributed by atoms with Crippen LogP contribution in [0.2, 0.25) is 0 Å². The van der Waals surface area contributed by atoms with Gasteiger partial charge in [-0.15, -0.1) is 0 Å². The highest BCUT2D eigenvalue weighted by Crippen LogP contribution is 2.37. The molecule has 1 saturated heterocycles. The molecule has 0 spiro atoms. The van der Waals surface area contributed by atoms with Gasteiger partial charge >= 0.3 is 0 Å². The second-order valence-electron chi connectivity index (χ2n) is 7.40. The molecule has 1 radical (unpaired) electrons. The lowest BCUT2D eigenvalue weighted by Crippen LogP contribution is -2.47. The molecule has 2 atom stereocenters. The monoisotopic (exact) mass is 332 g/mol. The molecule has 0 aromatic heterocycles. The van der Waals surface area contributed by atoms with Gasteiger partial charge in [0.2, 0.25) is 0 Å². The summed E-state index contributed by atoms with van der Waals surface area (Å²) in [6.45, 7) is 1.89. The predicted octanol–water partition coefficient (Wildman–Crippen LogP) is 4.73. The highest BCUT2D eigenvalue weighted by molar-refractivity contribution is 5.98. The smallest absolute Gasteiger partial charge is 0.167 e. The Kier molecular flexibility index (Phi) is 4.98. The first-order valence-corrected chi connectivity index (χ1v) is 9.54. The Morgan fingerprint density at radius 2 is 1.52 bits per heavy atom.